The summed E-state index contributed by atoms with van der Waals surface area (Å²) in [6, 6.07) is 5.17. The lowest BCUT2D eigenvalue weighted by Gasteiger charge is -2.22. The maximum absolute atomic E-state index is 12.5. The Hall–Kier alpha value is -0.840. The van der Waals surface area contributed by atoms with Crippen molar-refractivity contribution in [3.8, 4) is 0 Å². The van der Waals surface area contributed by atoms with Crippen molar-refractivity contribution in [3.63, 3.8) is 0 Å². The van der Waals surface area contributed by atoms with Gasteiger partial charge in [0.25, 0.3) is 5.91 Å². The van der Waals surface area contributed by atoms with Gasteiger partial charge in [0, 0.05) is 24.0 Å². The molecule has 19 heavy (non-hydrogen) atoms. The maximum Gasteiger partial charge on any atom is 0.255 e. The molecule has 0 unspecified atom stereocenters. The third-order valence-corrected chi connectivity index (χ3v) is 3.78. The monoisotopic (exact) mass is 316 g/mol. The van der Waals surface area contributed by atoms with Crippen LogP contribution < -0.4 is 5.73 Å². The van der Waals surface area contributed by atoms with Crippen LogP contribution in [0.5, 0.6) is 0 Å². The summed E-state index contributed by atoms with van der Waals surface area (Å²) in [5.41, 5.74) is 5.93. The molecule has 1 aromatic rings. The van der Waals surface area contributed by atoms with Gasteiger partial charge in [-0.2, -0.15) is 0 Å². The summed E-state index contributed by atoms with van der Waals surface area (Å²) in [5, 5.41) is 0.910. The first kappa shape index (κ1) is 14.6. The van der Waals surface area contributed by atoms with Gasteiger partial charge in [0.2, 0.25) is 0 Å². The van der Waals surface area contributed by atoms with Crippen LogP contribution in [0.25, 0.3) is 0 Å². The molecular weight excluding hydrogens is 303 g/mol. The van der Waals surface area contributed by atoms with E-state index in [0.29, 0.717) is 33.6 Å². The van der Waals surface area contributed by atoms with E-state index in [4.69, 9.17) is 41.2 Å². The zero-order chi connectivity index (χ0) is 14.0. The highest BCUT2D eigenvalue weighted by molar-refractivity contribution is 7.80. The summed E-state index contributed by atoms with van der Waals surface area (Å²) in [4.78, 5) is 14.7. The van der Waals surface area contributed by atoms with Crippen LogP contribution in [0.15, 0.2) is 18.2 Å². The number of rotatable bonds is 5. The number of carbonyl (C=O) groups excluding carboxylic acids is 1. The molecule has 1 amide bonds. The smallest absolute Gasteiger partial charge is 0.255 e. The Morgan fingerprint density at radius 2 is 2.11 bits per heavy atom. The van der Waals surface area contributed by atoms with Crippen molar-refractivity contribution in [1.82, 2.24) is 4.90 Å². The number of carbonyl (C=O) groups is 1. The third-order valence-electron chi connectivity index (χ3n) is 3.01. The Bertz CT molecular complexity index is 517. The Morgan fingerprint density at radius 3 is 2.68 bits per heavy atom. The summed E-state index contributed by atoms with van der Waals surface area (Å²) < 4.78 is 0. The van der Waals surface area contributed by atoms with Crippen LogP contribution in [0, 0.1) is 0 Å². The second kappa shape index (κ2) is 6.07. The molecule has 0 aromatic heterocycles. The molecular formula is C13H14Cl2N2OS. The van der Waals surface area contributed by atoms with Crippen LogP contribution in [0.4, 0.5) is 0 Å². The molecule has 0 spiro atoms. The minimum absolute atomic E-state index is 0.105. The van der Waals surface area contributed by atoms with E-state index in [9.17, 15) is 4.79 Å². The standard InChI is InChI=1S/C13H14Cl2N2OS/c14-8-1-4-11(15)10(7-8)13(18)17(9-2-3-9)6-5-12(16)19/h1,4,7,9H,2-3,5-6H2,(H2,16,19). The SMILES string of the molecule is NC(=S)CCN(C(=O)c1cc(Cl)ccc1Cl)C1CC1. The second-order valence-corrected chi connectivity index (χ2v) is 5.94. The van der Waals surface area contributed by atoms with Crippen molar-refractivity contribution in [2.24, 2.45) is 5.73 Å². The topological polar surface area (TPSA) is 46.3 Å². The van der Waals surface area contributed by atoms with Crippen LogP contribution in [0.2, 0.25) is 10.0 Å². The minimum atomic E-state index is -0.105. The molecule has 2 N–H and O–H groups in total. The van der Waals surface area contributed by atoms with Crippen molar-refractivity contribution in [1.29, 1.82) is 0 Å². The molecule has 0 saturated heterocycles. The van der Waals surface area contributed by atoms with Crippen LogP contribution in [0.3, 0.4) is 0 Å². The summed E-state index contributed by atoms with van der Waals surface area (Å²) >= 11 is 16.8. The lowest BCUT2D eigenvalue weighted by molar-refractivity contribution is 0.0748. The van der Waals surface area contributed by atoms with Gasteiger partial charge in [-0.1, -0.05) is 35.4 Å². The Balaban J connectivity index is 2.18. The first-order valence-corrected chi connectivity index (χ1v) is 7.20. The number of halogens is 2. The van der Waals surface area contributed by atoms with Gasteiger partial charge in [-0.25, -0.2) is 0 Å². The van der Waals surface area contributed by atoms with Crippen molar-refractivity contribution >= 4 is 46.3 Å². The van der Waals surface area contributed by atoms with Gasteiger partial charge in [0.1, 0.15) is 0 Å². The van der Waals surface area contributed by atoms with Crippen LogP contribution >= 0.6 is 35.4 Å². The van der Waals surface area contributed by atoms with Crippen molar-refractivity contribution < 1.29 is 4.79 Å². The fourth-order valence-corrected chi connectivity index (χ4v) is 2.34. The number of nitrogens with zero attached hydrogens (tertiary/aromatic N) is 1. The first-order valence-electron chi connectivity index (χ1n) is 6.03. The third kappa shape index (κ3) is 3.81. The molecule has 0 atom stereocenters. The quantitative estimate of drug-likeness (QED) is 0.848. The molecule has 0 heterocycles. The zero-order valence-corrected chi connectivity index (χ0v) is 12.6. The van der Waals surface area contributed by atoms with E-state index < -0.39 is 0 Å². The number of hydrogen-bond acceptors (Lipinski definition) is 2. The highest BCUT2D eigenvalue weighted by Gasteiger charge is 2.33. The van der Waals surface area contributed by atoms with Gasteiger partial charge in [0.05, 0.1) is 15.6 Å². The van der Waals surface area contributed by atoms with Crippen LogP contribution in [-0.4, -0.2) is 28.4 Å². The van der Waals surface area contributed by atoms with E-state index in [1.54, 1.807) is 23.1 Å². The fourth-order valence-electron chi connectivity index (χ4n) is 1.88. The molecule has 2 rings (SSSR count). The lowest BCUT2D eigenvalue weighted by Crippen LogP contribution is -2.35. The molecule has 1 fully saturated rings. The van der Waals surface area contributed by atoms with Crippen LogP contribution in [0.1, 0.15) is 29.6 Å². The largest absolute Gasteiger partial charge is 0.393 e. The van der Waals surface area contributed by atoms with Gasteiger partial charge < -0.3 is 10.6 Å². The number of benzene rings is 1. The fraction of sp³-hybridized carbons (Fsp3) is 0.385. The molecule has 0 radical (unpaired) electrons. The predicted octanol–water partition coefficient (Wildman–Crippen LogP) is 3.27. The summed E-state index contributed by atoms with van der Waals surface area (Å²) in [5.74, 6) is -0.105. The molecule has 1 aliphatic rings. The number of nitrogens with two attached hydrogens (primary N) is 1. The summed E-state index contributed by atoms with van der Waals surface area (Å²) in [7, 11) is 0. The van der Waals surface area contributed by atoms with E-state index in [2.05, 4.69) is 0 Å². The van der Waals surface area contributed by atoms with Crippen molar-refractivity contribution in [2.45, 2.75) is 25.3 Å². The zero-order valence-electron chi connectivity index (χ0n) is 10.2. The van der Waals surface area contributed by atoms with E-state index in [1.165, 1.54) is 0 Å². The van der Waals surface area contributed by atoms with Gasteiger partial charge >= 0.3 is 0 Å². The van der Waals surface area contributed by atoms with Gasteiger partial charge in [-0.3, -0.25) is 4.79 Å². The number of hydrogen-bond donors (Lipinski definition) is 1. The number of amides is 1. The van der Waals surface area contributed by atoms with Crippen LogP contribution in [-0.2, 0) is 0 Å². The van der Waals surface area contributed by atoms with Crippen molar-refractivity contribution in [2.75, 3.05) is 6.54 Å². The molecule has 1 aliphatic carbocycles. The molecule has 6 heteroatoms. The molecule has 0 bridgehead atoms. The Kier molecular flexibility index (Phi) is 4.66. The van der Waals surface area contributed by atoms with Gasteiger partial charge in [-0.15, -0.1) is 0 Å². The lowest BCUT2D eigenvalue weighted by atomic mass is 10.2. The maximum atomic E-state index is 12.5. The molecule has 102 valence electrons. The molecule has 3 nitrogen and oxygen atoms in total. The van der Waals surface area contributed by atoms with Gasteiger partial charge in [0.15, 0.2) is 0 Å². The van der Waals surface area contributed by atoms with E-state index in [1.807, 2.05) is 0 Å². The highest BCUT2D eigenvalue weighted by Crippen LogP contribution is 2.30. The van der Waals surface area contributed by atoms with Crippen molar-refractivity contribution in [3.05, 3.63) is 33.8 Å². The second-order valence-electron chi connectivity index (χ2n) is 4.57. The van der Waals surface area contributed by atoms with Gasteiger partial charge in [-0.05, 0) is 31.0 Å². The summed E-state index contributed by atoms with van der Waals surface area (Å²) in [6.45, 7) is 0.529. The molecule has 1 saturated carbocycles. The first-order chi connectivity index (χ1) is 8.99. The average molecular weight is 317 g/mol. The minimum Gasteiger partial charge on any atom is -0.393 e. The Labute approximate surface area is 127 Å². The van der Waals surface area contributed by atoms with E-state index in [0.717, 1.165) is 12.8 Å². The molecule has 0 aliphatic heterocycles. The summed E-state index contributed by atoms with van der Waals surface area (Å²) in [6.07, 6.45) is 2.55. The average Bonchev–Trinajstić information content (AvgIpc) is 3.16. The highest BCUT2D eigenvalue weighted by atomic mass is 35.5. The van der Waals surface area contributed by atoms with E-state index >= 15 is 0 Å². The van der Waals surface area contributed by atoms with E-state index in [-0.39, 0.29) is 11.9 Å². The normalized spacial score (nSPS) is 14.2. The Morgan fingerprint density at radius 1 is 1.42 bits per heavy atom. The number of thiocarbonyl (C=S) groups is 1. The molecule has 1 aromatic carbocycles. The predicted molar refractivity (Wildman–Crippen MR) is 81.9 cm³/mol.